The van der Waals surface area contributed by atoms with Crippen molar-refractivity contribution in [2.45, 2.75) is 70.1 Å². The van der Waals surface area contributed by atoms with Crippen LogP contribution in [0.4, 0.5) is 4.79 Å². The van der Waals surface area contributed by atoms with Crippen LogP contribution < -0.4 is 5.32 Å². The van der Waals surface area contributed by atoms with Crippen molar-refractivity contribution in [3.63, 3.8) is 0 Å². The molecule has 0 aromatic rings. The molecule has 30 heavy (non-hydrogen) atoms. The summed E-state index contributed by atoms with van der Waals surface area (Å²) in [5.74, 6) is 2.56. The van der Waals surface area contributed by atoms with Crippen molar-refractivity contribution in [2.75, 3.05) is 39.3 Å². The number of piperazine rings is 1. The number of carbonyl (C=O) groups is 3. The van der Waals surface area contributed by atoms with Crippen LogP contribution in [0.25, 0.3) is 0 Å². The number of terminal acetylenes is 1. The molecule has 0 radical (unpaired) electrons. The number of nitrogens with zero attached hydrogens (tertiary/aromatic N) is 3. The van der Waals surface area contributed by atoms with Crippen molar-refractivity contribution in [3.8, 4) is 12.3 Å². The molecule has 1 aliphatic carbocycles. The SMILES string of the molecule is C#CC[C@@]1(C(=O)N2CCN(CC(=O)NC3CC3)CC2)CCCN1C(=O)OC(C)(C)C. The third kappa shape index (κ3) is 5.25. The largest absolute Gasteiger partial charge is 0.444 e. The van der Waals surface area contributed by atoms with Gasteiger partial charge in [0.15, 0.2) is 0 Å². The highest BCUT2D eigenvalue weighted by Gasteiger charge is 2.52. The fraction of sp³-hybridized carbons (Fsp3) is 0.773. The Hall–Kier alpha value is -2.27. The number of carbonyl (C=O) groups excluding carboxylic acids is 3. The Balaban J connectivity index is 1.63. The molecule has 0 spiro atoms. The molecule has 2 aliphatic heterocycles. The second-order valence-electron chi connectivity index (χ2n) is 9.56. The average Bonchev–Trinajstić information content (AvgIpc) is 3.36. The third-order valence-corrected chi connectivity index (χ3v) is 5.86. The van der Waals surface area contributed by atoms with Gasteiger partial charge in [0.2, 0.25) is 11.8 Å². The fourth-order valence-corrected chi connectivity index (χ4v) is 4.22. The summed E-state index contributed by atoms with van der Waals surface area (Å²) in [6, 6.07) is 0.352. The molecule has 166 valence electrons. The lowest BCUT2D eigenvalue weighted by Gasteiger charge is -2.42. The van der Waals surface area contributed by atoms with E-state index in [1.807, 2.05) is 20.8 Å². The van der Waals surface area contributed by atoms with E-state index in [0.717, 1.165) is 12.8 Å². The molecule has 1 atom stereocenters. The van der Waals surface area contributed by atoms with Gasteiger partial charge in [-0.15, -0.1) is 12.3 Å². The maximum Gasteiger partial charge on any atom is 0.411 e. The number of amides is 3. The molecular formula is C22H34N4O4. The standard InChI is InChI=1S/C22H34N4O4/c1-5-9-22(10-6-11-26(22)20(29)30-21(2,3)4)19(28)25-14-12-24(13-15-25)16-18(27)23-17-7-8-17/h1,17H,6-16H2,2-4H3,(H,23,27)/t22-/m0/s1. The minimum absolute atomic E-state index is 0.0490. The van der Waals surface area contributed by atoms with Gasteiger partial charge in [0.25, 0.3) is 0 Å². The molecule has 2 heterocycles. The second kappa shape index (κ2) is 8.84. The summed E-state index contributed by atoms with van der Waals surface area (Å²) in [5.41, 5.74) is -1.68. The quantitative estimate of drug-likeness (QED) is 0.679. The third-order valence-electron chi connectivity index (χ3n) is 5.86. The fourth-order valence-electron chi connectivity index (χ4n) is 4.22. The smallest absolute Gasteiger partial charge is 0.411 e. The molecule has 3 amide bonds. The summed E-state index contributed by atoms with van der Waals surface area (Å²) >= 11 is 0. The molecule has 0 bridgehead atoms. The van der Waals surface area contributed by atoms with Crippen molar-refractivity contribution < 1.29 is 19.1 Å². The lowest BCUT2D eigenvalue weighted by atomic mass is 9.90. The van der Waals surface area contributed by atoms with Gasteiger partial charge in [-0.1, -0.05) is 0 Å². The maximum absolute atomic E-state index is 13.6. The van der Waals surface area contributed by atoms with Gasteiger partial charge < -0.3 is 15.0 Å². The molecule has 2 saturated heterocycles. The number of rotatable bonds is 5. The van der Waals surface area contributed by atoms with Crippen molar-refractivity contribution >= 4 is 17.9 Å². The first-order valence-electron chi connectivity index (χ1n) is 10.9. The highest BCUT2D eigenvalue weighted by atomic mass is 16.6. The summed E-state index contributed by atoms with van der Waals surface area (Å²) in [6.07, 6.45) is 8.70. The van der Waals surface area contributed by atoms with Gasteiger partial charge in [-0.3, -0.25) is 19.4 Å². The summed E-state index contributed by atoms with van der Waals surface area (Å²) < 4.78 is 5.55. The van der Waals surface area contributed by atoms with E-state index in [4.69, 9.17) is 11.2 Å². The van der Waals surface area contributed by atoms with E-state index in [9.17, 15) is 14.4 Å². The van der Waals surface area contributed by atoms with Gasteiger partial charge in [0.05, 0.1) is 6.54 Å². The second-order valence-corrected chi connectivity index (χ2v) is 9.56. The van der Waals surface area contributed by atoms with Crippen LogP contribution in [0.2, 0.25) is 0 Å². The average molecular weight is 419 g/mol. The highest BCUT2D eigenvalue weighted by Crippen LogP contribution is 2.36. The molecular weight excluding hydrogens is 384 g/mol. The first kappa shape index (κ1) is 22.4. The van der Waals surface area contributed by atoms with Crippen molar-refractivity contribution in [1.82, 2.24) is 20.0 Å². The van der Waals surface area contributed by atoms with Crippen LogP contribution in [0.3, 0.4) is 0 Å². The molecule has 3 aliphatic rings. The van der Waals surface area contributed by atoms with Crippen LogP contribution in [0.5, 0.6) is 0 Å². The van der Waals surface area contributed by atoms with Gasteiger partial charge in [-0.05, 0) is 46.5 Å². The van der Waals surface area contributed by atoms with E-state index in [2.05, 4.69) is 16.1 Å². The molecule has 8 nitrogen and oxygen atoms in total. The van der Waals surface area contributed by atoms with E-state index >= 15 is 0 Å². The Morgan fingerprint density at radius 3 is 2.37 bits per heavy atom. The molecule has 0 aromatic carbocycles. The van der Waals surface area contributed by atoms with Crippen molar-refractivity contribution in [3.05, 3.63) is 0 Å². The van der Waals surface area contributed by atoms with E-state index in [1.165, 1.54) is 4.90 Å². The molecule has 3 rings (SSSR count). The molecule has 0 aromatic heterocycles. The number of nitrogens with one attached hydrogen (secondary N) is 1. The van der Waals surface area contributed by atoms with Crippen LogP contribution in [0.15, 0.2) is 0 Å². The number of likely N-dealkylation sites (tertiary alicyclic amines) is 1. The van der Waals surface area contributed by atoms with Crippen LogP contribution in [-0.2, 0) is 14.3 Å². The van der Waals surface area contributed by atoms with Crippen molar-refractivity contribution in [2.24, 2.45) is 0 Å². The van der Waals surface area contributed by atoms with Gasteiger partial charge in [-0.2, -0.15) is 0 Å². The minimum atomic E-state index is -1.04. The zero-order valence-corrected chi connectivity index (χ0v) is 18.4. The first-order valence-corrected chi connectivity index (χ1v) is 10.9. The maximum atomic E-state index is 13.6. The summed E-state index contributed by atoms with van der Waals surface area (Å²) in [7, 11) is 0. The summed E-state index contributed by atoms with van der Waals surface area (Å²) in [4.78, 5) is 43.8. The van der Waals surface area contributed by atoms with Gasteiger partial charge in [-0.25, -0.2) is 4.79 Å². The lowest BCUT2D eigenvalue weighted by Crippen LogP contribution is -2.62. The van der Waals surface area contributed by atoms with E-state index in [0.29, 0.717) is 58.2 Å². The first-order chi connectivity index (χ1) is 14.1. The van der Waals surface area contributed by atoms with Crippen molar-refractivity contribution in [1.29, 1.82) is 0 Å². The summed E-state index contributed by atoms with van der Waals surface area (Å²) in [5, 5.41) is 3.00. The number of hydrogen-bond acceptors (Lipinski definition) is 5. The zero-order valence-electron chi connectivity index (χ0n) is 18.4. The Kier molecular flexibility index (Phi) is 6.61. The Labute approximate surface area is 179 Å². The summed E-state index contributed by atoms with van der Waals surface area (Å²) in [6.45, 7) is 8.54. The molecule has 1 N–H and O–H groups in total. The molecule has 1 saturated carbocycles. The predicted octanol–water partition coefficient (Wildman–Crippen LogP) is 1.20. The Morgan fingerprint density at radius 1 is 1.13 bits per heavy atom. The van der Waals surface area contributed by atoms with Crippen LogP contribution in [0, 0.1) is 12.3 Å². The van der Waals surface area contributed by atoms with Gasteiger partial charge in [0, 0.05) is 45.2 Å². The van der Waals surface area contributed by atoms with Crippen LogP contribution in [-0.4, -0.2) is 89.1 Å². The topological polar surface area (TPSA) is 82.2 Å². The highest BCUT2D eigenvalue weighted by molar-refractivity contribution is 5.91. The zero-order chi connectivity index (χ0) is 21.9. The number of ether oxygens (including phenoxy) is 1. The molecule has 8 heteroatoms. The predicted molar refractivity (Wildman–Crippen MR) is 113 cm³/mol. The van der Waals surface area contributed by atoms with Gasteiger partial charge >= 0.3 is 6.09 Å². The normalized spacial score (nSPS) is 25.0. The van der Waals surface area contributed by atoms with E-state index in [1.54, 1.807) is 4.90 Å². The molecule has 0 unspecified atom stereocenters. The lowest BCUT2D eigenvalue weighted by molar-refractivity contribution is -0.144. The van der Waals surface area contributed by atoms with E-state index < -0.39 is 17.2 Å². The Morgan fingerprint density at radius 2 is 1.80 bits per heavy atom. The van der Waals surface area contributed by atoms with Gasteiger partial charge in [0.1, 0.15) is 11.1 Å². The van der Waals surface area contributed by atoms with Crippen LogP contribution >= 0.6 is 0 Å². The van der Waals surface area contributed by atoms with E-state index in [-0.39, 0.29) is 18.2 Å². The minimum Gasteiger partial charge on any atom is -0.444 e. The monoisotopic (exact) mass is 418 g/mol. The Bertz CT molecular complexity index is 714. The van der Waals surface area contributed by atoms with Crippen LogP contribution in [0.1, 0.15) is 52.9 Å². The number of hydrogen-bond donors (Lipinski definition) is 1. The molecule has 3 fully saturated rings.